The van der Waals surface area contributed by atoms with E-state index in [1.54, 1.807) is 17.0 Å². The largest absolute Gasteiger partial charge is 0.342 e. The predicted octanol–water partition coefficient (Wildman–Crippen LogP) is 2.68. The summed E-state index contributed by atoms with van der Waals surface area (Å²) in [5, 5.41) is 0. The standard InChI is InChI=1S/C18H23FN2O2/c1-12-7-13(2)10-20(9-12)18(23)14-8-17(22)21(11-14)16-5-3-15(19)4-6-16/h3-6,12-14H,7-11H2,1-2H3/t12-,13-,14+/m0/s1. The van der Waals surface area contributed by atoms with Crippen LogP contribution in [0.5, 0.6) is 0 Å². The molecule has 3 rings (SSSR count). The van der Waals surface area contributed by atoms with E-state index < -0.39 is 0 Å². The van der Waals surface area contributed by atoms with Crippen LogP contribution >= 0.6 is 0 Å². The molecular weight excluding hydrogens is 295 g/mol. The van der Waals surface area contributed by atoms with E-state index in [4.69, 9.17) is 0 Å². The number of hydrogen-bond acceptors (Lipinski definition) is 2. The quantitative estimate of drug-likeness (QED) is 0.841. The highest BCUT2D eigenvalue weighted by atomic mass is 19.1. The molecule has 2 aliphatic heterocycles. The van der Waals surface area contributed by atoms with Crippen molar-refractivity contribution in [1.29, 1.82) is 0 Å². The number of carbonyl (C=O) groups excluding carboxylic acids is 2. The lowest BCUT2D eigenvalue weighted by molar-refractivity contribution is -0.138. The average molecular weight is 318 g/mol. The van der Waals surface area contributed by atoms with E-state index in [9.17, 15) is 14.0 Å². The van der Waals surface area contributed by atoms with Crippen LogP contribution in [0, 0.1) is 23.6 Å². The van der Waals surface area contributed by atoms with Crippen molar-refractivity contribution in [3.63, 3.8) is 0 Å². The van der Waals surface area contributed by atoms with Crippen LogP contribution in [-0.4, -0.2) is 36.3 Å². The Labute approximate surface area is 136 Å². The second-order valence-electron chi connectivity index (χ2n) is 7.07. The molecule has 0 N–H and O–H groups in total. The van der Waals surface area contributed by atoms with Crippen LogP contribution in [0.2, 0.25) is 0 Å². The van der Waals surface area contributed by atoms with Crippen molar-refractivity contribution in [3.05, 3.63) is 30.1 Å². The van der Waals surface area contributed by atoms with Gasteiger partial charge in [-0.1, -0.05) is 13.8 Å². The number of anilines is 1. The summed E-state index contributed by atoms with van der Waals surface area (Å²) in [5.41, 5.74) is 0.659. The molecule has 2 aliphatic rings. The summed E-state index contributed by atoms with van der Waals surface area (Å²) in [6, 6.07) is 5.85. The molecule has 2 heterocycles. The normalized spacial score (nSPS) is 28.3. The first-order valence-corrected chi connectivity index (χ1v) is 8.28. The van der Waals surface area contributed by atoms with E-state index in [-0.39, 0.29) is 30.0 Å². The van der Waals surface area contributed by atoms with Crippen LogP contribution in [0.15, 0.2) is 24.3 Å². The Morgan fingerprint density at radius 2 is 1.70 bits per heavy atom. The maximum absolute atomic E-state index is 13.0. The van der Waals surface area contributed by atoms with Crippen LogP contribution in [-0.2, 0) is 9.59 Å². The molecule has 2 saturated heterocycles. The number of rotatable bonds is 2. The number of carbonyl (C=O) groups is 2. The maximum atomic E-state index is 13.0. The minimum Gasteiger partial charge on any atom is -0.342 e. The first-order chi connectivity index (χ1) is 10.9. The second-order valence-corrected chi connectivity index (χ2v) is 7.07. The molecule has 3 atom stereocenters. The lowest BCUT2D eigenvalue weighted by atomic mass is 9.91. The van der Waals surface area contributed by atoms with Crippen molar-refractivity contribution in [2.24, 2.45) is 17.8 Å². The Hall–Kier alpha value is -1.91. The number of halogens is 1. The third kappa shape index (κ3) is 3.38. The number of hydrogen-bond donors (Lipinski definition) is 0. The number of benzene rings is 1. The van der Waals surface area contributed by atoms with Crippen LogP contribution < -0.4 is 4.90 Å². The zero-order valence-electron chi connectivity index (χ0n) is 13.7. The summed E-state index contributed by atoms with van der Waals surface area (Å²) < 4.78 is 13.0. The third-order valence-corrected chi connectivity index (χ3v) is 4.79. The first-order valence-electron chi connectivity index (χ1n) is 8.28. The Morgan fingerprint density at radius 3 is 2.30 bits per heavy atom. The molecule has 5 heteroatoms. The van der Waals surface area contributed by atoms with Gasteiger partial charge in [0.15, 0.2) is 0 Å². The zero-order chi connectivity index (χ0) is 16.6. The molecule has 0 aliphatic carbocycles. The fourth-order valence-electron chi connectivity index (χ4n) is 3.84. The van der Waals surface area contributed by atoms with Gasteiger partial charge in [-0.05, 0) is 42.5 Å². The maximum Gasteiger partial charge on any atom is 0.228 e. The highest BCUT2D eigenvalue weighted by molar-refractivity contribution is 6.00. The molecular formula is C18H23FN2O2. The predicted molar refractivity (Wildman–Crippen MR) is 86.4 cm³/mol. The molecule has 4 nitrogen and oxygen atoms in total. The summed E-state index contributed by atoms with van der Waals surface area (Å²) in [6.45, 7) is 6.29. The van der Waals surface area contributed by atoms with E-state index in [1.165, 1.54) is 12.1 Å². The number of amides is 2. The van der Waals surface area contributed by atoms with Gasteiger partial charge in [0.1, 0.15) is 5.82 Å². The van der Waals surface area contributed by atoms with Crippen molar-refractivity contribution in [1.82, 2.24) is 4.90 Å². The topological polar surface area (TPSA) is 40.6 Å². The highest BCUT2D eigenvalue weighted by Crippen LogP contribution is 2.29. The van der Waals surface area contributed by atoms with Gasteiger partial charge in [-0.15, -0.1) is 0 Å². The Morgan fingerprint density at radius 1 is 1.09 bits per heavy atom. The van der Waals surface area contributed by atoms with Gasteiger partial charge in [0.25, 0.3) is 0 Å². The Kier molecular flexibility index (Phi) is 4.37. The number of likely N-dealkylation sites (tertiary alicyclic amines) is 1. The highest BCUT2D eigenvalue weighted by Gasteiger charge is 2.38. The smallest absolute Gasteiger partial charge is 0.228 e. The molecule has 124 valence electrons. The molecule has 0 aromatic heterocycles. The molecule has 1 aromatic rings. The summed E-state index contributed by atoms with van der Waals surface area (Å²) in [4.78, 5) is 28.5. The zero-order valence-corrected chi connectivity index (χ0v) is 13.7. The monoisotopic (exact) mass is 318 g/mol. The molecule has 0 spiro atoms. The Bertz CT molecular complexity index is 592. The van der Waals surface area contributed by atoms with E-state index in [1.807, 2.05) is 4.90 Å². The molecule has 2 fully saturated rings. The average Bonchev–Trinajstić information content (AvgIpc) is 2.88. The molecule has 0 bridgehead atoms. The lowest BCUT2D eigenvalue weighted by Crippen LogP contribution is -2.45. The van der Waals surface area contributed by atoms with Crippen molar-refractivity contribution in [2.45, 2.75) is 26.7 Å². The lowest BCUT2D eigenvalue weighted by Gasteiger charge is -2.36. The number of nitrogens with zero attached hydrogens (tertiary/aromatic N) is 2. The molecule has 0 saturated carbocycles. The van der Waals surface area contributed by atoms with Crippen LogP contribution in [0.1, 0.15) is 26.7 Å². The summed E-state index contributed by atoms with van der Waals surface area (Å²) in [7, 11) is 0. The Balaban J connectivity index is 1.69. The van der Waals surface area contributed by atoms with Crippen molar-refractivity contribution in [3.8, 4) is 0 Å². The SMILES string of the molecule is C[C@H]1C[C@H](C)CN(C(=O)[C@@H]2CC(=O)N(c3ccc(F)cc3)C2)C1. The van der Waals surface area contributed by atoms with Gasteiger partial charge in [0, 0.05) is 31.7 Å². The fourth-order valence-corrected chi connectivity index (χ4v) is 3.84. The van der Waals surface area contributed by atoms with E-state index in [0.717, 1.165) is 19.5 Å². The van der Waals surface area contributed by atoms with Gasteiger partial charge in [0.05, 0.1) is 5.92 Å². The van der Waals surface area contributed by atoms with Gasteiger partial charge in [0.2, 0.25) is 11.8 Å². The fraction of sp³-hybridized carbons (Fsp3) is 0.556. The van der Waals surface area contributed by atoms with E-state index >= 15 is 0 Å². The molecule has 0 unspecified atom stereocenters. The van der Waals surface area contributed by atoms with Crippen LogP contribution in [0.4, 0.5) is 10.1 Å². The van der Waals surface area contributed by atoms with Gasteiger partial charge in [-0.25, -0.2) is 4.39 Å². The minimum atomic E-state index is -0.329. The molecule has 1 aromatic carbocycles. The van der Waals surface area contributed by atoms with Gasteiger partial charge < -0.3 is 9.80 Å². The summed E-state index contributed by atoms with van der Waals surface area (Å²) >= 11 is 0. The molecule has 0 radical (unpaired) electrons. The van der Waals surface area contributed by atoms with Gasteiger partial charge in [-0.2, -0.15) is 0 Å². The van der Waals surface area contributed by atoms with E-state index in [2.05, 4.69) is 13.8 Å². The second kappa shape index (κ2) is 6.30. The van der Waals surface area contributed by atoms with Crippen LogP contribution in [0.3, 0.4) is 0 Å². The number of piperidine rings is 1. The summed E-state index contributed by atoms with van der Waals surface area (Å²) in [6.07, 6.45) is 1.39. The first kappa shape index (κ1) is 16.0. The van der Waals surface area contributed by atoms with Gasteiger partial charge in [-0.3, -0.25) is 9.59 Å². The minimum absolute atomic E-state index is 0.0620. The third-order valence-electron chi connectivity index (χ3n) is 4.79. The molecule has 23 heavy (non-hydrogen) atoms. The van der Waals surface area contributed by atoms with Crippen molar-refractivity contribution < 1.29 is 14.0 Å². The van der Waals surface area contributed by atoms with Crippen molar-refractivity contribution >= 4 is 17.5 Å². The van der Waals surface area contributed by atoms with Crippen molar-refractivity contribution in [2.75, 3.05) is 24.5 Å². The van der Waals surface area contributed by atoms with E-state index in [0.29, 0.717) is 24.1 Å². The summed E-state index contributed by atoms with van der Waals surface area (Å²) in [5.74, 6) is 0.421. The van der Waals surface area contributed by atoms with Gasteiger partial charge >= 0.3 is 0 Å². The molecule has 2 amide bonds. The van der Waals surface area contributed by atoms with Crippen LogP contribution in [0.25, 0.3) is 0 Å².